The number of H-pyrrole nitrogens is 1. The minimum Gasteiger partial charge on any atom is -0.321 e. The van der Waals surface area contributed by atoms with E-state index < -0.39 is 0 Å². The highest BCUT2D eigenvalue weighted by Gasteiger charge is 2.11. The van der Waals surface area contributed by atoms with Gasteiger partial charge in [-0.1, -0.05) is 78.9 Å². The standard InChI is InChI=1S/C27H17NO/c29-27-24(16-18-7-1-6-12-26(18)28-27)17-13-14-23-21-10-3-2-8-19(21)20-9-4-5-11-22(20)25(23)15-17/h1-16H,(H,28,29). The summed E-state index contributed by atoms with van der Waals surface area (Å²) in [5.74, 6) is 0. The van der Waals surface area contributed by atoms with Gasteiger partial charge < -0.3 is 4.98 Å². The lowest BCUT2D eigenvalue weighted by Crippen LogP contribution is -2.08. The summed E-state index contributed by atoms with van der Waals surface area (Å²) in [5.41, 5.74) is 2.43. The largest absolute Gasteiger partial charge is 0.321 e. The van der Waals surface area contributed by atoms with Crippen molar-refractivity contribution in [1.82, 2.24) is 4.98 Å². The number of rotatable bonds is 1. The Morgan fingerprint density at radius 2 is 1.07 bits per heavy atom. The van der Waals surface area contributed by atoms with E-state index in [2.05, 4.69) is 71.7 Å². The van der Waals surface area contributed by atoms with Crippen molar-refractivity contribution < 1.29 is 0 Å². The van der Waals surface area contributed by atoms with E-state index in [1.807, 2.05) is 30.3 Å². The molecule has 1 aromatic heterocycles. The number of fused-ring (bicyclic) bond motifs is 7. The molecule has 0 aliphatic heterocycles. The predicted molar refractivity (Wildman–Crippen MR) is 123 cm³/mol. The van der Waals surface area contributed by atoms with Crippen molar-refractivity contribution in [2.75, 3.05) is 0 Å². The highest BCUT2D eigenvalue weighted by molar-refractivity contribution is 6.25. The summed E-state index contributed by atoms with van der Waals surface area (Å²) in [4.78, 5) is 15.8. The molecule has 0 amide bonds. The van der Waals surface area contributed by atoms with E-state index >= 15 is 0 Å². The van der Waals surface area contributed by atoms with Crippen LogP contribution in [0.15, 0.2) is 102 Å². The number of nitrogens with one attached hydrogen (secondary N) is 1. The maximum absolute atomic E-state index is 12.8. The molecule has 0 fully saturated rings. The van der Waals surface area contributed by atoms with Crippen LogP contribution in [0.1, 0.15) is 0 Å². The van der Waals surface area contributed by atoms with Gasteiger partial charge in [0.2, 0.25) is 0 Å². The van der Waals surface area contributed by atoms with Crippen molar-refractivity contribution in [1.29, 1.82) is 0 Å². The fraction of sp³-hybridized carbons (Fsp3) is 0. The second-order valence-corrected chi connectivity index (χ2v) is 7.45. The van der Waals surface area contributed by atoms with Crippen LogP contribution in [0.4, 0.5) is 0 Å². The van der Waals surface area contributed by atoms with Crippen molar-refractivity contribution in [3.63, 3.8) is 0 Å². The molecule has 0 radical (unpaired) electrons. The average molecular weight is 371 g/mol. The van der Waals surface area contributed by atoms with Crippen LogP contribution in [-0.2, 0) is 0 Å². The highest BCUT2D eigenvalue weighted by atomic mass is 16.1. The first-order chi connectivity index (χ1) is 14.3. The summed E-state index contributed by atoms with van der Waals surface area (Å²) in [7, 11) is 0. The van der Waals surface area contributed by atoms with Crippen LogP contribution in [0, 0.1) is 0 Å². The van der Waals surface area contributed by atoms with Crippen molar-refractivity contribution in [2.24, 2.45) is 0 Å². The molecule has 0 aliphatic carbocycles. The lowest BCUT2D eigenvalue weighted by Gasteiger charge is -2.12. The molecule has 6 aromatic rings. The van der Waals surface area contributed by atoms with Crippen molar-refractivity contribution >= 4 is 43.2 Å². The smallest absolute Gasteiger partial charge is 0.256 e. The number of para-hydroxylation sites is 1. The quantitative estimate of drug-likeness (QED) is 0.322. The molecule has 0 atom stereocenters. The van der Waals surface area contributed by atoms with E-state index in [4.69, 9.17) is 0 Å². The molecule has 1 N–H and O–H groups in total. The number of pyridine rings is 1. The van der Waals surface area contributed by atoms with Crippen LogP contribution in [0.5, 0.6) is 0 Å². The number of aromatic nitrogens is 1. The summed E-state index contributed by atoms with van der Waals surface area (Å²) in [6, 6.07) is 33.2. The molecule has 136 valence electrons. The Kier molecular flexibility index (Phi) is 3.35. The SMILES string of the molecule is O=c1[nH]c2ccccc2cc1-c1ccc2c3ccccc3c3ccccc3c2c1. The van der Waals surface area contributed by atoms with Crippen molar-refractivity contribution in [3.05, 3.63) is 107 Å². The maximum Gasteiger partial charge on any atom is 0.256 e. The number of benzene rings is 5. The van der Waals surface area contributed by atoms with Crippen molar-refractivity contribution in [3.8, 4) is 11.1 Å². The monoisotopic (exact) mass is 371 g/mol. The first-order valence-electron chi connectivity index (χ1n) is 9.75. The summed E-state index contributed by atoms with van der Waals surface area (Å²) in [5, 5.41) is 8.35. The zero-order valence-corrected chi connectivity index (χ0v) is 15.6. The summed E-state index contributed by atoms with van der Waals surface area (Å²) < 4.78 is 0. The van der Waals surface area contributed by atoms with Gasteiger partial charge in [-0.3, -0.25) is 4.79 Å². The first kappa shape index (κ1) is 16.1. The van der Waals surface area contributed by atoms with Crippen LogP contribution in [-0.4, -0.2) is 4.98 Å². The van der Waals surface area contributed by atoms with Crippen LogP contribution in [0.3, 0.4) is 0 Å². The Hall–Kier alpha value is -3.91. The van der Waals surface area contributed by atoms with Gasteiger partial charge >= 0.3 is 0 Å². The Labute approximate surface area is 167 Å². The van der Waals surface area contributed by atoms with Gasteiger partial charge in [0.25, 0.3) is 5.56 Å². The zero-order chi connectivity index (χ0) is 19.4. The Morgan fingerprint density at radius 3 is 1.76 bits per heavy atom. The molecule has 29 heavy (non-hydrogen) atoms. The van der Waals surface area contributed by atoms with Gasteiger partial charge in [0, 0.05) is 11.1 Å². The summed E-state index contributed by atoms with van der Waals surface area (Å²) in [6.45, 7) is 0. The van der Waals surface area contributed by atoms with E-state index in [0.717, 1.165) is 16.5 Å². The second-order valence-electron chi connectivity index (χ2n) is 7.45. The second kappa shape index (κ2) is 6.05. The van der Waals surface area contributed by atoms with Crippen molar-refractivity contribution in [2.45, 2.75) is 0 Å². The molecule has 0 aliphatic rings. The third-order valence-electron chi connectivity index (χ3n) is 5.81. The molecular weight excluding hydrogens is 354 g/mol. The summed E-state index contributed by atoms with van der Waals surface area (Å²) >= 11 is 0. The molecule has 0 saturated heterocycles. The lowest BCUT2D eigenvalue weighted by atomic mass is 9.92. The van der Waals surface area contributed by atoms with Gasteiger partial charge in [0.05, 0.1) is 0 Å². The fourth-order valence-electron chi connectivity index (χ4n) is 4.44. The van der Waals surface area contributed by atoms with E-state index in [-0.39, 0.29) is 5.56 Å². The van der Waals surface area contributed by atoms with Crippen LogP contribution < -0.4 is 5.56 Å². The Morgan fingerprint density at radius 1 is 0.517 bits per heavy atom. The van der Waals surface area contributed by atoms with E-state index in [0.29, 0.717) is 5.56 Å². The molecule has 5 aromatic carbocycles. The molecule has 0 bridgehead atoms. The van der Waals surface area contributed by atoms with E-state index in [1.54, 1.807) is 0 Å². The zero-order valence-electron chi connectivity index (χ0n) is 15.6. The molecule has 0 saturated carbocycles. The van der Waals surface area contributed by atoms with Crippen LogP contribution in [0.2, 0.25) is 0 Å². The molecule has 0 unspecified atom stereocenters. The molecule has 1 heterocycles. The predicted octanol–water partition coefficient (Wildman–Crippen LogP) is 6.65. The topological polar surface area (TPSA) is 32.9 Å². The lowest BCUT2D eigenvalue weighted by molar-refractivity contribution is 1.31. The maximum atomic E-state index is 12.8. The van der Waals surface area contributed by atoms with Gasteiger partial charge in [-0.15, -0.1) is 0 Å². The van der Waals surface area contributed by atoms with Crippen LogP contribution in [0.25, 0.3) is 54.3 Å². The highest BCUT2D eigenvalue weighted by Crippen LogP contribution is 2.36. The van der Waals surface area contributed by atoms with Gasteiger partial charge in [-0.2, -0.15) is 0 Å². The minimum atomic E-state index is -0.0619. The minimum absolute atomic E-state index is 0.0619. The molecular formula is C27H17NO. The first-order valence-corrected chi connectivity index (χ1v) is 9.75. The van der Waals surface area contributed by atoms with Gasteiger partial charge in [-0.05, 0) is 61.5 Å². The Bertz CT molecular complexity index is 1590. The Balaban J connectivity index is 1.73. The average Bonchev–Trinajstić information content (AvgIpc) is 2.78. The molecule has 2 nitrogen and oxygen atoms in total. The molecule has 6 rings (SSSR count). The van der Waals surface area contributed by atoms with E-state index in [1.165, 1.54) is 32.3 Å². The third-order valence-corrected chi connectivity index (χ3v) is 5.81. The molecule has 2 heteroatoms. The van der Waals surface area contributed by atoms with Gasteiger partial charge in [0.15, 0.2) is 0 Å². The van der Waals surface area contributed by atoms with Crippen LogP contribution >= 0.6 is 0 Å². The molecule has 0 spiro atoms. The number of aromatic amines is 1. The van der Waals surface area contributed by atoms with E-state index in [9.17, 15) is 4.79 Å². The summed E-state index contributed by atoms with van der Waals surface area (Å²) in [6.07, 6.45) is 0. The third kappa shape index (κ3) is 2.39. The number of hydrogen-bond acceptors (Lipinski definition) is 1. The normalized spacial score (nSPS) is 11.6. The van der Waals surface area contributed by atoms with Gasteiger partial charge in [0.1, 0.15) is 0 Å². The number of hydrogen-bond donors (Lipinski definition) is 1. The van der Waals surface area contributed by atoms with Gasteiger partial charge in [-0.25, -0.2) is 0 Å². The fourth-order valence-corrected chi connectivity index (χ4v) is 4.44.